The smallest absolute Gasteiger partial charge is 0.307 e. The van der Waals surface area contributed by atoms with Gasteiger partial charge in [-0.2, -0.15) is 0 Å². The van der Waals surface area contributed by atoms with Gasteiger partial charge in [-0.1, -0.05) is 24.3 Å². The van der Waals surface area contributed by atoms with Crippen molar-refractivity contribution in [1.29, 1.82) is 0 Å². The van der Waals surface area contributed by atoms with Crippen LogP contribution in [0.5, 0.6) is 0 Å². The summed E-state index contributed by atoms with van der Waals surface area (Å²) in [7, 11) is 0. The Labute approximate surface area is 86.5 Å². The fourth-order valence-electron chi connectivity index (χ4n) is 1.30. The second-order valence-corrected chi connectivity index (χ2v) is 3.32. The average molecular weight is 214 g/mol. The van der Waals surface area contributed by atoms with Crippen molar-refractivity contribution < 1.29 is 18.7 Å². The number of hydrogen-bond acceptors (Lipinski definition) is 1. The summed E-state index contributed by atoms with van der Waals surface area (Å²) in [5, 5.41) is 8.52. The third-order valence-electron chi connectivity index (χ3n) is 2.18. The van der Waals surface area contributed by atoms with Crippen LogP contribution >= 0.6 is 0 Å². The molecule has 1 N–H and O–H groups in total. The van der Waals surface area contributed by atoms with E-state index in [9.17, 15) is 13.6 Å². The number of alkyl halides is 2. The van der Waals surface area contributed by atoms with E-state index in [0.29, 0.717) is 11.1 Å². The van der Waals surface area contributed by atoms with Crippen LogP contribution in [0.2, 0.25) is 0 Å². The Morgan fingerprint density at radius 1 is 1.20 bits per heavy atom. The van der Waals surface area contributed by atoms with Crippen molar-refractivity contribution >= 4 is 5.97 Å². The molecule has 0 aromatic heterocycles. The van der Waals surface area contributed by atoms with Gasteiger partial charge in [0.2, 0.25) is 0 Å². The van der Waals surface area contributed by atoms with E-state index in [1.165, 1.54) is 0 Å². The molecule has 0 fully saturated rings. The molecule has 0 aliphatic rings. The predicted molar refractivity (Wildman–Crippen MR) is 52.5 cm³/mol. The Morgan fingerprint density at radius 2 is 1.73 bits per heavy atom. The minimum atomic E-state index is -0.921. The number of carboxylic acid groups (broad SMARTS) is 1. The molecule has 82 valence electrons. The third-order valence-corrected chi connectivity index (χ3v) is 2.18. The minimum Gasteiger partial charge on any atom is -0.481 e. The monoisotopic (exact) mass is 214 g/mol. The quantitative estimate of drug-likeness (QED) is 0.816. The highest BCUT2D eigenvalue weighted by atomic mass is 19.1. The Kier molecular flexibility index (Phi) is 4.21. The van der Waals surface area contributed by atoms with Gasteiger partial charge in [0.25, 0.3) is 0 Å². The highest BCUT2D eigenvalue weighted by Crippen LogP contribution is 2.17. The largest absolute Gasteiger partial charge is 0.481 e. The SMILES string of the molecule is O=C(O)Cc1ccc(C(CF)CF)cc1. The fraction of sp³-hybridized carbons (Fsp3) is 0.364. The van der Waals surface area contributed by atoms with Crippen LogP contribution in [0.15, 0.2) is 24.3 Å². The summed E-state index contributed by atoms with van der Waals surface area (Å²) in [5.74, 6) is -1.65. The van der Waals surface area contributed by atoms with Crippen molar-refractivity contribution in [2.75, 3.05) is 13.3 Å². The summed E-state index contributed by atoms with van der Waals surface area (Å²) in [5.41, 5.74) is 1.19. The summed E-state index contributed by atoms with van der Waals surface area (Å²) in [6, 6.07) is 6.31. The minimum absolute atomic E-state index is 0.0732. The maximum atomic E-state index is 12.3. The standard InChI is InChI=1S/C11H12F2O2/c12-6-10(7-13)9-3-1-8(2-4-9)5-11(14)15/h1-4,10H,5-7H2,(H,14,15). The van der Waals surface area contributed by atoms with Gasteiger partial charge in [-0.3, -0.25) is 13.6 Å². The molecule has 4 heteroatoms. The molecule has 0 bridgehead atoms. The van der Waals surface area contributed by atoms with Crippen LogP contribution in [-0.4, -0.2) is 24.4 Å². The van der Waals surface area contributed by atoms with Gasteiger partial charge in [0.05, 0.1) is 19.8 Å². The summed E-state index contributed by atoms with van der Waals surface area (Å²) in [6.45, 7) is -1.48. The Hall–Kier alpha value is -1.45. The van der Waals surface area contributed by atoms with Crippen LogP contribution in [0.4, 0.5) is 8.78 Å². The zero-order chi connectivity index (χ0) is 11.3. The maximum Gasteiger partial charge on any atom is 0.307 e. The summed E-state index contributed by atoms with van der Waals surface area (Å²) >= 11 is 0. The lowest BCUT2D eigenvalue weighted by Gasteiger charge is -2.09. The highest BCUT2D eigenvalue weighted by Gasteiger charge is 2.10. The Bertz CT molecular complexity index is 318. The van der Waals surface area contributed by atoms with Crippen molar-refractivity contribution in [1.82, 2.24) is 0 Å². The molecular weight excluding hydrogens is 202 g/mol. The zero-order valence-corrected chi connectivity index (χ0v) is 8.12. The van der Waals surface area contributed by atoms with E-state index in [1.54, 1.807) is 24.3 Å². The van der Waals surface area contributed by atoms with Gasteiger partial charge in [0.15, 0.2) is 0 Å². The second kappa shape index (κ2) is 5.44. The normalized spacial score (nSPS) is 10.6. The van der Waals surface area contributed by atoms with E-state index in [-0.39, 0.29) is 6.42 Å². The van der Waals surface area contributed by atoms with Crippen molar-refractivity contribution in [2.24, 2.45) is 0 Å². The van der Waals surface area contributed by atoms with E-state index in [4.69, 9.17) is 5.11 Å². The Morgan fingerprint density at radius 3 is 2.13 bits per heavy atom. The topological polar surface area (TPSA) is 37.3 Å². The van der Waals surface area contributed by atoms with Crippen LogP contribution in [0, 0.1) is 0 Å². The van der Waals surface area contributed by atoms with E-state index in [1.807, 2.05) is 0 Å². The molecule has 0 saturated carbocycles. The molecule has 0 saturated heterocycles. The predicted octanol–water partition coefficient (Wildman–Crippen LogP) is 2.34. The molecule has 15 heavy (non-hydrogen) atoms. The first kappa shape index (κ1) is 11.6. The van der Waals surface area contributed by atoms with Crippen LogP contribution in [0.3, 0.4) is 0 Å². The molecule has 0 aliphatic heterocycles. The van der Waals surface area contributed by atoms with Gasteiger partial charge < -0.3 is 5.11 Å². The molecule has 0 atom stereocenters. The van der Waals surface area contributed by atoms with Crippen molar-refractivity contribution in [3.8, 4) is 0 Å². The highest BCUT2D eigenvalue weighted by molar-refractivity contribution is 5.70. The molecule has 1 rings (SSSR count). The van der Waals surface area contributed by atoms with Crippen LogP contribution < -0.4 is 0 Å². The molecule has 0 heterocycles. The van der Waals surface area contributed by atoms with Crippen molar-refractivity contribution in [2.45, 2.75) is 12.3 Å². The first-order valence-corrected chi connectivity index (χ1v) is 4.60. The molecule has 0 spiro atoms. The lowest BCUT2D eigenvalue weighted by atomic mass is 10.00. The van der Waals surface area contributed by atoms with Gasteiger partial charge in [-0.15, -0.1) is 0 Å². The van der Waals surface area contributed by atoms with Gasteiger partial charge in [0, 0.05) is 5.92 Å². The molecule has 1 aromatic rings. The summed E-state index contributed by atoms with van der Waals surface area (Å²) in [4.78, 5) is 10.4. The van der Waals surface area contributed by atoms with Crippen LogP contribution in [-0.2, 0) is 11.2 Å². The Balaban J connectivity index is 2.75. The van der Waals surface area contributed by atoms with Crippen molar-refractivity contribution in [3.63, 3.8) is 0 Å². The number of benzene rings is 1. The number of aliphatic carboxylic acids is 1. The van der Waals surface area contributed by atoms with E-state index >= 15 is 0 Å². The van der Waals surface area contributed by atoms with Crippen molar-refractivity contribution in [3.05, 3.63) is 35.4 Å². The molecule has 1 aromatic carbocycles. The van der Waals surface area contributed by atoms with E-state index < -0.39 is 25.2 Å². The fourth-order valence-corrected chi connectivity index (χ4v) is 1.30. The maximum absolute atomic E-state index is 12.3. The molecule has 2 nitrogen and oxygen atoms in total. The zero-order valence-electron chi connectivity index (χ0n) is 8.12. The van der Waals surface area contributed by atoms with Crippen LogP contribution in [0.25, 0.3) is 0 Å². The van der Waals surface area contributed by atoms with Gasteiger partial charge in [0.1, 0.15) is 0 Å². The number of rotatable bonds is 5. The summed E-state index contributed by atoms with van der Waals surface area (Å²) in [6.07, 6.45) is -0.0732. The first-order valence-electron chi connectivity index (χ1n) is 4.60. The molecule has 0 radical (unpaired) electrons. The number of carboxylic acids is 1. The summed E-state index contributed by atoms with van der Waals surface area (Å²) < 4.78 is 24.6. The second-order valence-electron chi connectivity index (χ2n) is 3.32. The van der Waals surface area contributed by atoms with Gasteiger partial charge in [-0.25, -0.2) is 0 Å². The number of carbonyl (C=O) groups is 1. The molecule has 0 aliphatic carbocycles. The molecule has 0 amide bonds. The van der Waals surface area contributed by atoms with E-state index in [2.05, 4.69) is 0 Å². The number of hydrogen-bond donors (Lipinski definition) is 1. The van der Waals surface area contributed by atoms with Gasteiger partial charge in [-0.05, 0) is 11.1 Å². The average Bonchev–Trinajstić information content (AvgIpc) is 2.21. The van der Waals surface area contributed by atoms with Crippen LogP contribution in [0.1, 0.15) is 17.0 Å². The third kappa shape index (κ3) is 3.31. The molecular formula is C11H12F2O2. The molecule has 0 unspecified atom stereocenters. The number of halogens is 2. The lowest BCUT2D eigenvalue weighted by molar-refractivity contribution is -0.136. The van der Waals surface area contributed by atoms with Gasteiger partial charge >= 0.3 is 5.97 Å². The lowest BCUT2D eigenvalue weighted by Crippen LogP contribution is -2.04. The van der Waals surface area contributed by atoms with E-state index in [0.717, 1.165) is 0 Å². The first-order chi connectivity index (χ1) is 7.17.